The zero-order valence-corrected chi connectivity index (χ0v) is 7.01. The van der Waals surface area contributed by atoms with Crippen molar-refractivity contribution in [1.82, 2.24) is 15.5 Å². The highest BCUT2D eigenvalue weighted by Crippen LogP contribution is 2.21. The molecule has 1 atom stereocenters. The van der Waals surface area contributed by atoms with Crippen LogP contribution in [0.2, 0.25) is 0 Å². The summed E-state index contributed by atoms with van der Waals surface area (Å²) in [5.41, 5.74) is 7.59. The maximum atomic E-state index is 5.47. The highest BCUT2D eigenvalue weighted by molar-refractivity contribution is 5.13. The van der Waals surface area contributed by atoms with Gasteiger partial charge in [-0.2, -0.15) is 5.10 Å². The summed E-state index contributed by atoms with van der Waals surface area (Å²) in [6, 6.07) is 2.49. The third-order valence-corrected chi connectivity index (χ3v) is 2.29. The van der Waals surface area contributed by atoms with E-state index in [9.17, 15) is 0 Å². The Hall–Kier alpha value is -0.870. The number of H-pyrrole nitrogens is 1. The highest BCUT2D eigenvalue weighted by Gasteiger charge is 2.18. The molecule has 1 aliphatic rings. The molecule has 1 saturated heterocycles. The molecular formula is C8H14N4. The number of nitrogens with zero attached hydrogens (tertiary/aromatic N) is 1. The molecule has 0 aromatic carbocycles. The molecule has 1 aromatic heterocycles. The lowest BCUT2D eigenvalue weighted by Gasteiger charge is -2.03. The fourth-order valence-electron chi connectivity index (χ4n) is 1.60. The lowest BCUT2D eigenvalue weighted by molar-refractivity contribution is 0.625. The van der Waals surface area contributed by atoms with E-state index in [1.807, 2.05) is 6.07 Å². The number of nitrogens with one attached hydrogen (secondary N) is 2. The van der Waals surface area contributed by atoms with Crippen molar-refractivity contribution in [2.45, 2.75) is 25.4 Å². The molecule has 1 unspecified atom stereocenters. The van der Waals surface area contributed by atoms with Crippen LogP contribution in [-0.4, -0.2) is 16.7 Å². The van der Waals surface area contributed by atoms with Gasteiger partial charge in [0.25, 0.3) is 0 Å². The van der Waals surface area contributed by atoms with Gasteiger partial charge >= 0.3 is 0 Å². The Labute approximate surface area is 71.5 Å². The molecule has 0 amide bonds. The topological polar surface area (TPSA) is 66.7 Å². The standard InChI is InChI=1S/C8H14N4/c9-5-6-4-8(12-11-6)7-2-1-3-10-7/h4,7,10H,1-3,5,9H2,(H,11,12). The monoisotopic (exact) mass is 166 g/mol. The molecule has 4 heteroatoms. The molecule has 1 fully saturated rings. The summed E-state index contributed by atoms with van der Waals surface area (Å²) in [5.74, 6) is 0. The quantitative estimate of drug-likeness (QED) is 0.591. The average molecular weight is 166 g/mol. The van der Waals surface area contributed by atoms with Crippen LogP contribution in [-0.2, 0) is 6.54 Å². The van der Waals surface area contributed by atoms with Crippen LogP contribution in [0.4, 0.5) is 0 Å². The van der Waals surface area contributed by atoms with Gasteiger partial charge in [0.05, 0.1) is 11.7 Å². The Morgan fingerprint density at radius 1 is 1.67 bits per heavy atom. The van der Waals surface area contributed by atoms with Gasteiger partial charge in [-0.1, -0.05) is 0 Å². The molecule has 0 aliphatic carbocycles. The minimum absolute atomic E-state index is 0.446. The molecule has 4 nitrogen and oxygen atoms in total. The Kier molecular flexibility index (Phi) is 2.10. The second-order valence-electron chi connectivity index (χ2n) is 3.17. The van der Waals surface area contributed by atoms with Gasteiger partial charge < -0.3 is 11.1 Å². The number of hydrogen-bond acceptors (Lipinski definition) is 3. The molecule has 1 aromatic rings. The molecule has 4 N–H and O–H groups in total. The number of nitrogens with two attached hydrogens (primary N) is 1. The second-order valence-corrected chi connectivity index (χ2v) is 3.17. The van der Waals surface area contributed by atoms with Gasteiger partial charge in [0.15, 0.2) is 0 Å². The minimum atomic E-state index is 0.446. The predicted molar refractivity (Wildman–Crippen MR) is 46.5 cm³/mol. The Morgan fingerprint density at radius 3 is 3.17 bits per heavy atom. The second kappa shape index (κ2) is 3.25. The van der Waals surface area contributed by atoms with Crippen LogP contribution in [0.1, 0.15) is 30.3 Å². The van der Waals surface area contributed by atoms with Gasteiger partial charge in [0.2, 0.25) is 0 Å². The summed E-state index contributed by atoms with van der Waals surface area (Å²) in [6.07, 6.45) is 2.43. The first-order valence-corrected chi connectivity index (χ1v) is 4.38. The molecule has 66 valence electrons. The number of aromatic amines is 1. The smallest absolute Gasteiger partial charge is 0.0794 e. The molecule has 2 rings (SSSR count). The first-order chi connectivity index (χ1) is 5.90. The van der Waals surface area contributed by atoms with Crippen LogP contribution in [0.5, 0.6) is 0 Å². The van der Waals surface area contributed by atoms with Crippen LogP contribution in [0.25, 0.3) is 0 Å². The maximum Gasteiger partial charge on any atom is 0.0794 e. The van der Waals surface area contributed by atoms with Crippen LogP contribution in [0.3, 0.4) is 0 Å². The molecule has 0 bridgehead atoms. The van der Waals surface area contributed by atoms with Crippen LogP contribution < -0.4 is 11.1 Å². The van der Waals surface area contributed by atoms with Gasteiger partial charge in [-0.3, -0.25) is 5.10 Å². The summed E-state index contributed by atoms with van der Waals surface area (Å²) >= 11 is 0. The molecule has 0 saturated carbocycles. The molecular weight excluding hydrogens is 152 g/mol. The van der Waals surface area contributed by atoms with E-state index in [1.54, 1.807) is 0 Å². The lowest BCUT2D eigenvalue weighted by Crippen LogP contribution is -2.12. The minimum Gasteiger partial charge on any atom is -0.325 e. The van der Waals surface area contributed by atoms with Crippen molar-refractivity contribution >= 4 is 0 Å². The third kappa shape index (κ3) is 1.35. The van der Waals surface area contributed by atoms with E-state index in [-0.39, 0.29) is 0 Å². The average Bonchev–Trinajstić information content (AvgIpc) is 2.75. The van der Waals surface area contributed by atoms with Crippen molar-refractivity contribution in [3.8, 4) is 0 Å². The van der Waals surface area contributed by atoms with Crippen molar-refractivity contribution in [2.75, 3.05) is 6.54 Å². The van der Waals surface area contributed by atoms with Crippen LogP contribution in [0.15, 0.2) is 6.07 Å². The third-order valence-electron chi connectivity index (χ3n) is 2.29. The van der Waals surface area contributed by atoms with Crippen molar-refractivity contribution < 1.29 is 0 Å². The van der Waals surface area contributed by atoms with Crippen molar-refractivity contribution in [1.29, 1.82) is 0 Å². The Morgan fingerprint density at radius 2 is 2.58 bits per heavy atom. The van der Waals surface area contributed by atoms with Gasteiger partial charge in [-0.05, 0) is 25.5 Å². The van der Waals surface area contributed by atoms with Gasteiger partial charge in [0, 0.05) is 12.2 Å². The van der Waals surface area contributed by atoms with Crippen LogP contribution >= 0.6 is 0 Å². The molecule has 1 aliphatic heterocycles. The fourth-order valence-corrected chi connectivity index (χ4v) is 1.60. The van der Waals surface area contributed by atoms with E-state index in [2.05, 4.69) is 15.5 Å². The number of aromatic nitrogens is 2. The predicted octanol–water partition coefficient (Wildman–Crippen LogP) is 0.293. The van der Waals surface area contributed by atoms with E-state index in [4.69, 9.17) is 5.73 Å². The Bertz CT molecular complexity index is 249. The van der Waals surface area contributed by atoms with E-state index in [0.717, 1.165) is 17.9 Å². The SMILES string of the molecule is NCc1cc(C2CCCN2)n[nH]1. The molecule has 0 radical (unpaired) electrons. The molecule has 0 spiro atoms. The van der Waals surface area contributed by atoms with Gasteiger partial charge in [-0.25, -0.2) is 0 Å². The summed E-state index contributed by atoms with van der Waals surface area (Å²) in [6.45, 7) is 1.65. The van der Waals surface area contributed by atoms with E-state index in [1.165, 1.54) is 12.8 Å². The number of hydrogen-bond donors (Lipinski definition) is 3. The highest BCUT2D eigenvalue weighted by atomic mass is 15.1. The van der Waals surface area contributed by atoms with Gasteiger partial charge in [0.1, 0.15) is 0 Å². The first kappa shape index (κ1) is 7.76. The largest absolute Gasteiger partial charge is 0.325 e. The summed E-state index contributed by atoms with van der Waals surface area (Å²) in [5, 5.41) is 10.5. The summed E-state index contributed by atoms with van der Waals surface area (Å²) in [7, 11) is 0. The fraction of sp³-hybridized carbons (Fsp3) is 0.625. The van der Waals surface area contributed by atoms with Crippen molar-refractivity contribution in [3.05, 3.63) is 17.5 Å². The lowest BCUT2D eigenvalue weighted by atomic mass is 10.1. The zero-order chi connectivity index (χ0) is 8.39. The first-order valence-electron chi connectivity index (χ1n) is 4.38. The normalized spacial score (nSPS) is 23.2. The maximum absolute atomic E-state index is 5.47. The summed E-state index contributed by atoms with van der Waals surface area (Å²) < 4.78 is 0. The summed E-state index contributed by atoms with van der Waals surface area (Å²) in [4.78, 5) is 0. The van der Waals surface area contributed by atoms with Crippen molar-refractivity contribution in [3.63, 3.8) is 0 Å². The van der Waals surface area contributed by atoms with E-state index >= 15 is 0 Å². The van der Waals surface area contributed by atoms with E-state index in [0.29, 0.717) is 12.6 Å². The molecule has 12 heavy (non-hydrogen) atoms. The van der Waals surface area contributed by atoms with Gasteiger partial charge in [-0.15, -0.1) is 0 Å². The molecule has 2 heterocycles. The van der Waals surface area contributed by atoms with E-state index < -0.39 is 0 Å². The Balaban J connectivity index is 2.11. The van der Waals surface area contributed by atoms with Crippen molar-refractivity contribution in [2.24, 2.45) is 5.73 Å². The van der Waals surface area contributed by atoms with Crippen LogP contribution in [0, 0.1) is 0 Å². The zero-order valence-electron chi connectivity index (χ0n) is 7.01. The number of rotatable bonds is 2.